The van der Waals surface area contributed by atoms with E-state index in [2.05, 4.69) is 25.0 Å². The Bertz CT molecular complexity index is 986. The highest BCUT2D eigenvalue weighted by Gasteiger charge is 2.30. The summed E-state index contributed by atoms with van der Waals surface area (Å²) in [5.41, 5.74) is 3.51. The maximum absolute atomic E-state index is 13.5. The first-order valence-corrected chi connectivity index (χ1v) is 9.68. The zero-order valence-corrected chi connectivity index (χ0v) is 16.4. The zero-order chi connectivity index (χ0) is 20.3. The van der Waals surface area contributed by atoms with Crippen molar-refractivity contribution in [3.63, 3.8) is 0 Å². The van der Waals surface area contributed by atoms with Gasteiger partial charge in [0, 0.05) is 28.2 Å². The number of allylic oxidation sites excluding steroid dienone is 1. The lowest BCUT2D eigenvalue weighted by Gasteiger charge is -2.21. The molecule has 0 saturated heterocycles. The number of carboxylic acid groups (broad SMARTS) is 1. The van der Waals surface area contributed by atoms with E-state index in [0.29, 0.717) is 6.42 Å². The number of hydrogen-bond donors (Lipinski definition) is 1. The highest BCUT2D eigenvalue weighted by atomic mass is 19.1. The van der Waals surface area contributed by atoms with Crippen molar-refractivity contribution in [1.29, 1.82) is 0 Å². The van der Waals surface area contributed by atoms with E-state index in [4.69, 9.17) is 0 Å². The molecule has 3 rings (SSSR count). The van der Waals surface area contributed by atoms with Crippen LogP contribution in [0.5, 0.6) is 0 Å². The van der Waals surface area contributed by atoms with Gasteiger partial charge in [0.25, 0.3) is 0 Å². The van der Waals surface area contributed by atoms with Gasteiger partial charge in [-0.3, -0.25) is 4.79 Å². The van der Waals surface area contributed by atoms with Crippen molar-refractivity contribution in [2.24, 2.45) is 0 Å². The van der Waals surface area contributed by atoms with Gasteiger partial charge in [0.2, 0.25) is 0 Å². The van der Waals surface area contributed by atoms with Crippen LogP contribution in [0.1, 0.15) is 50.8 Å². The Kier molecular flexibility index (Phi) is 5.98. The number of hydrogen-bond acceptors (Lipinski definition) is 1. The molecule has 1 heterocycles. The second kappa shape index (κ2) is 8.42. The molecule has 1 atom stereocenters. The molecule has 3 aromatic rings. The van der Waals surface area contributed by atoms with Crippen LogP contribution in [-0.2, 0) is 4.79 Å². The van der Waals surface area contributed by atoms with Crippen LogP contribution in [0.25, 0.3) is 22.0 Å². The highest BCUT2D eigenvalue weighted by Crippen LogP contribution is 2.42. The predicted octanol–water partition coefficient (Wildman–Crippen LogP) is 6.55. The van der Waals surface area contributed by atoms with Crippen molar-refractivity contribution >= 4 is 16.9 Å². The van der Waals surface area contributed by atoms with Crippen molar-refractivity contribution in [3.8, 4) is 11.1 Å². The van der Waals surface area contributed by atoms with Gasteiger partial charge in [0.15, 0.2) is 0 Å². The largest absolute Gasteiger partial charge is 0.481 e. The monoisotopic (exact) mass is 379 g/mol. The van der Waals surface area contributed by atoms with Crippen LogP contribution in [0.2, 0.25) is 0 Å². The summed E-state index contributed by atoms with van der Waals surface area (Å²) in [6.07, 6.45) is 3.87. The number of carboxylic acids is 1. The molecule has 2 aromatic carbocycles. The average molecular weight is 379 g/mol. The lowest BCUT2D eigenvalue weighted by atomic mass is 9.91. The minimum absolute atomic E-state index is 0.0929. The summed E-state index contributed by atoms with van der Waals surface area (Å²) in [5.74, 6) is -1.79. The number of benzene rings is 2. The fourth-order valence-corrected chi connectivity index (χ4v) is 3.95. The summed E-state index contributed by atoms with van der Waals surface area (Å²) in [5, 5.41) is 11.1. The summed E-state index contributed by atoms with van der Waals surface area (Å²) < 4.78 is 15.7. The van der Waals surface area contributed by atoms with Crippen LogP contribution < -0.4 is 0 Å². The fraction of sp³-hybridized carbons (Fsp3) is 0.292. The Hall–Kier alpha value is -2.88. The van der Waals surface area contributed by atoms with E-state index in [1.165, 1.54) is 12.1 Å². The number of unbranched alkanes of at least 4 members (excludes halogenated alkanes) is 1. The van der Waals surface area contributed by atoms with Crippen LogP contribution in [0.15, 0.2) is 61.2 Å². The van der Waals surface area contributed by atoms with Crippen LogP contribution in [-0.4, -0.2) is 15.6 Å². The molecule has 0 aliphatic heterocycles. The molecular formula is C24H26FNO2. The zero-order valence-electron chi connectivity index (χ0n) is 16.4. The first-order valence-electron chi connectivity index (χ1n) is 9.68. The van der Waals surface area contributed by atoms with Crippen molar-refractivity contribution < 1.29 is 14.3 Å². The number of fused-ring (bicyclic) bond motifs is 1. The lowest BCUT2D eigenvalue weighted by Crippen LogP contribution is -2.18. The molecular weight excluding hydrogens is 353 g/mol. The summed E-state index contributed by atoms with van der Waals surface area (Å²) in [4.78, 5) is 12.3. The van der Waals surface area contributed by atoms with Gasteiger partial charge in [-0.05, 0) is 56.9 Å². The van der Waals surface area contributed by atoms with E-state index in [1.54, 1.807) is 12.1 Å². The Labute approximate surface area is 165 Å². The Morgan fingerprint density at radius 1 is 1.18 bits per heavy atom. The van der Waals surface area contributed by atoms with E-state index in [9.17, 15) is 14.3 Å². The van der Waals surface area contributed by atoms with Crippen molar-refractivity contribution in [3.05, 3.63) is 72.7 Å². The van der Waals surface area contributed by atoms with Crippen molar-refractivity contribution in [2.75, 3.05) is 0 Å². The summed E-state index contributed by atoms with van der Waals surface area (Å²) in [6.45, 7) is 7.87. The SMILES string of the molecule is C=CCCCC(C(=O)O)c1c(-c2ccc(F)cc2)c2ccccc2n1C(C)C. The van der Waals surface area contributed by atoms with Crippen molar-refractivity contribution in [1.82, 2.24) is 4.57 Å². The van der Waals surface area contributed by atoms with Gasteiger partial charge in [0.1, 0.15) is 5.82 Å². The Balaban J connectivity index is 2.32. The number of aliphatic carboxylic acids is 1. The normalized spacial score (nSPS) is 12.4. The number of halogens is 1. The third-order valence-electron chi connectivity index (χ3n) is 5.13. The average Bonchev–Trinajstić information content (AvgIpc) is 3.00. The second-order valence-electron chi connectivity index (χ2n) is 7.36. The van der Waals surface area contributed by atoms with E-state index in [0.717, 1.165) is 40.6 Å². The molecule has 1 unspecified atom stereocenters. The van der Waals surface area contributed by atoms with Gasteiger partial charge in [-0.2, -0.15) is 0 Å². The number of rotatable bonds is 8. The van der Waals surface area contributed by atoms with Gasteiger partial charge in [-0.1, -0.05) is 36.4 Å². The predicted molar refractivity (Wildman–Crippen MR) is 112 cm³/mol. The second-order valence-corrected chi connectivity index (χ2v) is 7.36. The van der Waals surface area contributed by atoms with Crippen LogP contribution >= 0.6 is 0 Å². The van der Waals surface area contributed by atoms with Gasteiger partial charge >= 0.3 is 5.97 Å². The first kappa shape index (κ1) is 19.9. The summed E-state index contributed by atoms with van der Waals surface area (Å²) >= 11 is 0. The van der Waals surface area contributed by atoms with Gasteiger partial charge in [-0.15, -0.1) is 6.58 Å². The minimum Gasteiger partial charge on any atom is -0.481 e. The first-order chi connectivity index (χ1) is 13.5. The molecule has 3 nitrogen and oxygen atoms in total. The molecule has 1 aromatic heterocycles. The Morgan fingerprint density at radius 3 is 2.46 bits per heavy atom. The molecule has 0 bridgehead atoms. The molecule has 1 N–H and O–H groups in total. The number of aromatic nitrogens is 1. The summed E-state index contributed by atoms with van der Waals surface area (Å²) in [7, 11) is 0. The molecule has 0 fully saturated rings. The molecule has 0 radical (unpaired) electrons. The Morgan fingerprint density at radius 2 is 1.86 bits per heavy atom. The van der Waals surface area contributed by atoms with E-state index >= 15 is 0 Å². The number of nitrogens with zero attached hydrogens (tertiary/aromatic N) is 1. The topological polar surface area (TPSA) is 42.2 Å². The van der Waals surface area contributed by atoms with E-state index in [-0.39, 0.29) is 11.9 Å². The standard InChI is InChI=1S/C24H26FNO2/c1-4-5-6-10-20(24(27)28)23-22(17-12-14-18(25)15-13-17)19-9-7-8-11-21(19)26(23)16(2)3/h4,7-9,11-16,20H,1,5-6,10H2,2-3H3,(H,27,28). The maximum atomic E-state index is 13.5. The van der Waals surface area contributed by atoms with Gasteiger partial charge in [0.05, 0.1) is 5.92 Å². The molecule has 0 saturated carbocycles. The number of para-hydroxylation sites is 1. The van der Waals surface area contributed by atoms with Crippen LogP contribution in [0, 0.1) is 5.82 Å². The maximum Gasteiger partial charge on any atom is 0.312 e. The highest BCUT2D eigenvalue weighted by molar-refractivity contribution is 6.00. The smallest absolute Gasteiger partial charge is 0.312 e. The molecule has 0 spiro atoms. The molecule has 28 heavy (non-hydrogen) atoms. The molecule has 0 amide bonds. The quantitative estimate of drug-likeness (QED) is 0.356. The van der Waals surface area contributed by atoms with Crippen LogP contribution in [0.3, 0.4) is 0 Å². The third kappa shape index (κ3) is 3.72. The van der Waals surface area contributed by atoms with E-state index < -0.39 is 11.9 Å². The minimum atomic E-state index is -0.836. The van der Waals surface area contributed by atoms with Crippen LogP contribution in [0.4, 0.5) is 4.39 Å². The third-order valence-corrected chi connectivity index (χ3v) is 5.13. The van der Waals surface area contributed by atoms with Gasteiger partial charge in [-0.25, -0.2) is 4.39 Å². The summed E-state index contributed by atoms with van der Waals surface area (Å²) in [6, 6.07) is 14.4. The fourth-order valence-electron chi connectivity index (χ4n) is 3.95. The van der Waals surface area contributed by atoms with Crippen molar-refractivity contribution in [2.45, 2.75) is 45.1 Å². The van der Waals surface area contributed by atoms with Gasteiger partial charge < -0.3 is 9.67 Å². The van der Waals surface area contributed by atoms with E-state index in [1.807, 2.05) is 30.3 Å². The molecule has 4 heteroatoms. The molecule has 146 valence electrons. The molecule has 0 aliphatic carbocycles. The number of carbonyl (C=O) groups is 1. The lowest BCUT2D eigenvalue weighted by molar-refractivity contribution is -0.139. The molecule has 0 aliphatic rings.